The van der Waals surface area contributed by atoms with E-state index < -0.39 is 0 Å². The van der Waals surface area contributed by atoms with Gasteiger partial charge in [0.1, 0.15) is 34.9 Å². The summed E-state index contributed by atoms with van der Waals surface area (Å²) in [5, 5.41) is 31.3. The minimum Gasteiger partial charge on any atom is -0.382 e. The van der Waals surface area contributed by atoms with Crippen LogP contribution in [0.25, 0.3) is 44.8 Å². The molecule has 8 aliphatic rings. The number of hydrogen-bond donors (Lipinski definition) is 6. The lowest BCUT2D eigenvalue weighted by Gasteiger charge is -2.42. The van der Waals surface area contributed by atoms with E-state index in [4.69, 9.17) is 143 Å². The fraction of sp³-hybridized carbons (Fsp3) is 0.531. The van der Waals surface area contributed by atoms with Gasteiger partial charge in [-0.3, -0.25) is 8.80 Å². The Kier molecular flexibility index (Phi) is 30.4. The van der Waals surface area contributed by atoms with Gasteiger partial charge in [0.2, 0.25) is 0 Å². The SMILES string of the molecule is Cc1cc(N2CCC3(CC2)CO[C@@H](C)[C@H]3N)n2c(CN(C)C)nnc2c1-c1ccnc(N)c1Cl.Cc1cc(N2CCC3(CC2)CO[C@@H](C)[C@H]3N)n2c(CN(C)C)nnc2c1Sc1ccnc(N)c1Cl.Cc1cc(N2CCC3(CC2)CO[C@@H](C)[C@H]3N)n2nc(CN(C)C)nc2c1-c1cccc(Cl)c1Cl.Cc1cc(N2CCC3(CC2)CO[C@@H](C)[C@H]3N)n2nc(CN(C)C)nc2c1Sc1cccc(Cl)c1Cl. The first-order chi connectivity index (χ1) is 65.8. The molecule has 8 saturated heterocycles. The standard InChI is InChI=1S/C25H32Cl2N6OS.C25H32Cl2N6O.C24H33ClN8OS.C24H33ClN8O/c1-15-12-20(32-10-8-25(9-11-32)14-34-16(2)23(25)28)33-24(29-19(30-33)13-31(3)4)22(15)35-18-7-5-6-17(26)21(18)27;1-15-12-20(32-10-8-25(9-11-32)14-34-16(2)23(25)28)33-24(29-19(30-33)13-31(3)4)21(15)17-6-5-7-18(26)22(17)27;1-14-11-18(32-9-6-24(7-10-32)13-34-15(2)21(24)26)33-17(12-31(3)4)29-30-23(33)20(14)35-16-5-8-28-22(27)19(16)25;1-14-11-18(32-9-6-24(7-10-32)13-34-15(2)21(24)26)33-17(12-31(3)4)29-30-23(33)19(14)16-5-8-28-22(27)20(16)25/h5-7,12,16,23H,8-11,13-14,28H2,1-4H3;5-7,12,16,23H,8-11,13-14,28H2,1-4H3;5,8,11,15,21H,6-7,9-10,12-13,26H2,1-4H3,(H2,27,28);5,8,11,15,21H,6-7,9-10,12-13,26H2,1-4H3,(H2,27,28)/t2*16-,23+;2*15-,21+/m0000/s1. The third kappa shape index (κ3) is 19.9. The molecule has 0 amide bonds. The molecule has 18 heterocycles. The van der Waals surface area contributed by atoms with Gasteiger partial charge in [-0.15, -0.1) is 30.6 Å². The number of rotatable bonds is 18. The third-order valence-corrected chi connectivity index (χ3v) is 34.8. The van der Waals surface area contributed by atoms with Gasteiger partial charge in [0.05, 0.1) is 117 Å². The number of nitrogens with zero attached hydrogens (tertiary/aromatic N) is 22. The average Bonchev–Trinajstić information content (AvgIpc) is 1.54. The van der Waals surface area contributed by atoms with Crippen molar-refractivity contribution in [1.82, 2.24) is 88.0 Å². The summed E-state index contributed by atoms with van der Waals surface area (Å²) in [6.45, 7) is 29.7. The maximum Gasteiger partial charge on any atom is 0.176 e. The molecule has 740 valence electrons. The predicted molar refractivity (Wildman–Crippen MR) is 556 cm³/mol. The van der Waals surface area contributed by atoms with Gasteiger partial charge in [-0.1, -0.05) is 111 Å². The molecule has 4 spiro atoms. The molecule has 2 aromatic carbocycles. The summed E-state index contributed by atoms with van der Waals surface area (Å²) in [6, 6.07) is 24.4. The van der Waals surface area contributed by atoms with Gasteiger partial charge < -0.3 is 92.5 Å². The van der Waals surface area contributed by atoms with Crippen molar-refractivity contribution in [3.63, 3.8) is 0 Å². The van der Waals surface area contributed by atoms with Crippen molar-refractivity contribution in [3.05, 3.63) is 161 Å². The molecule has 32 nitrogen and oxygen atoms in total. The van der Waals surface area contributed by atoms with Crippen LogP contribution in [-0.4, -0.2) is 272 Å². The molecule has 12 aromatic rings. The lowest BCUT2D eigenvalue weighted by atomic mass is 9.73. The summed E-state index contributed by atoms with van der Waals surface area (Å²) >= 11 is 42.0. The predicted octanol–water partition coefficient (Wildman–Crippen LogP) is 15.2. The second-order valence-electron chi connectivity index (χ2n) is 40.2. The number of halogens is 6. The zero-order chi connectivity index (χ0) is 98.2. The minimum atomic E-state index is 0.0613. The maximum absolute atomic E-state index is 6.64. The third-order valence-electron chi connectivity index (χ3n) is 29.6. The van der Waals surface area contributed by atoms with Crippen molar-refractivity contribution in [2.24, 2.45) is 44.6 Å². The fourth-order valence-electron chi connectivity index (χ4n) is 21.3. The highest BCUT2D eigenvalue weighted by atomic mass is 35.5. The number of hydrogen-bond acceptors (Lipinski definition) is 30. The molecule has 8 atom stereocenters. The molecule has 40 heteroatoms. The van der Waals surface area contributed by atoms with Crippen molar-refractivity contribution in [2.45, 2.75) is 201 Å². The summed E-state index contributed by atoms with van der Waals surface area (Å²) < 4.78 is 32.0. The summed E-state index contributed by atoms with van der Waals surface area (Å²) in [5.41, 5.74) is 49.7. The zero-order valence-electron chi connectivity index (χ0n) is 81.7. The zero-order valence-corrected chi connectivity index (χ0v) is 87.9. The molecule has 8 fully saturated rings. The molecule has 10 aromatic heterocycles. The number of anilines is 6. The van der Waals surface area contributed by atoms with Crippen LogP contribution in [-0.2, 0) is 45.1 Å². The Morgan fingerprint density at radius 1 is 0.384 bits per heavy atom. The van der Waals surface area contributed by atoms with Crippen LogP contribution in [0.2, 0.25) is 30.1 Å². The lowest BCUT2D eigenvalue weighted by molar-refractivity contribution is 0.0973. The maximum atomic E-state index is 6.64. The van der Waals surface area contributed by atoms with Gasteiger partial charge >= 0.3 is 0 Å². The van der Waals surface area contributed by atoms with Gasteiger partial charge in [0.25, 0.3) is 0 Å². The summed E-state index contributed by atoms with van der Waals surface area (Å²) in [5.74, 6) is 8.27. The number of benzene rings is 2. The first kappa shape index (κ1) is 101. The van der Waals surface area contributed by atoms with Crippen LogP contribution in [0.15, 0.2) is 105 Å². The molecular weight excluding hydrogens is 1910 g/mol. The summed E-state index contributed by atoms with van der Waals surface area (Å²) in [7, 11) is 16.2. The Labute approximate surface area is 846 Å². The van der Waals surface area contributed by atoms with E-state index in [0.29, 0.717) is 68.0 Å². The molecule has 138 heavy (non-hydrogen) atoms. The van der Waals surface area contributed by atoms with Gasteiger partial charge in [-0.25, -0.2) is 19.9 Å². The second kappa shape index (κ2) is 41.4. The highest BCUT2D eigenvalue weighted by molar-refractivity contribution is 8.00. The van der Waals surface area contributed by atoms with E-state index in [1.54, 1.807) is 48.1 Å². The van der Waals surface area contributed by atoms with Crippen molar-refractivity contribution in [1.29, 1.82) is 0 Å². The van der Waals surface area contributed by atoms with E-state index in [0.717, 1.165) is 263 Å². The Morgan fingerprint density at radius 2 is 0.725 bits per heavy atom. The molecule has 0 aliphatic carbocycles. The number of aromatic nitrogens is 14. The largest absolute Gasteiger partial charge is 0.382 e. The number of ether oxygens (including phenoxy) is 4. The summed E-state index contributed by atoms with van der Waals surface area (Å²) in [6.07, 6.45) is 11.8. The molecule has 20 rings (SSSR count). The number of nitrogen functional groups attached to an aromatic ring is 2. The smallest absolute Gasteiger partial charge is 0.176 e. The quantitative estimate of drug-likeness (QED) is 0.0465. The normalized spacial score (nSPS) is 22.2. The summed E-state index contributed by atoms with van der Waals surface area (Å²) in [4.78, 5) is 39.9. The Morgan fingerprint density at radius 3 is 1.16 bits per heavy atom. The van der Waals surface area contributed by atoms with E-state index in [-0.39, 0.29) is 70.2 Å². The number of fused-ring (bicyclic) bond motifs is 4. The van der Waals surface area contributed by atoms with Gasteiger partial charge in [0, 0.05) is 143 Å². The van der Waals surface area contributed by atoms with Gasteiger partial charge in [0.15, 0.2) is 45.9 Å². The topological polar surface area (TPSA) is 366 Å². The molecule has 0 saturated carbocycles. The Hall–Kier alpha value is -8.02. The number of aryl methyl sites for hydroxylation is 4. The fourth-order valence-corrected chi connectivity index (χ4v) is 24.6. The van der Waals surface area contributed by atoms with Crippen LogP contribution in [0.3, 0.4) is 0 Å². The Bertz CT molecular complexity index is 6310. The van der Waals surface area contributed by atoms with Crippen LogP contribution in [0.4, 0.5) is 34.9 Å². The van der Waals surface area contributed by atoms with E-state index >= 15 is 0 Å². The number of piperidine rings is 4. The first-order valence-electron chi connectivity index (χ1n) is 47.5. The molecule has 8 aliphatic heterocycles. The van der Waals surface area contributed by atoms with Crippen LogP contribution >= 0.6 is 93.1 Å². The van der Waals surface area contributed by atoms with Crippen LogP contribution in [0.1, 0.15) is 125 Å². The van der Waals surface area contributed by atoms with Gasteiger partial charge in [-0.05, 0) is 240 Å². The molecule has 0 radical (unpaired) electrons. The van der Waals surface area contributed by atoms with Crippen LogP contribution < -0.4 is 54.0 Å². The van der Waals surface area contributed by atoms with E-state index in [1.165, 1.54) is 0 Å². The molecule has 0 bridgehead atoms. The number of nitrogens with two attached hydrogens (primary N) is 6. The molecule has 0 unspecified atom stereocenters. The number of pyridine rings is 6. The van der Waals surface area contributed by atoms with E-state index in [1.807, 2.05) is 102 Å². The van der Waals surface area contributed by atoms with Crippen LogP contribution in [0, 0.1) is 49.4 Å². The minimum absolute atomic E-state index is 0.0613. The van der Waals surface area contributed by atoms with Crippen LogP contribution in [0.5, 0.6) is 0 Å². The molecular formula is C98H130Cl6N28O4S2. The van der Waals surface area contributed by atoms with Crippen molar-refractivity contribution >= 4 is 151 Å². The Balaban J connectivity index is 0.000000127. The first-order valence-corrected chi connectivity index (χ1v) is 51.4. The van der Waals surface area contributed by atoms with E-state index in [2.05, 4.69) is 158 Å². The second-order valence-corrected chi connectivity index (χ2v) is 44.6. The lowest BCUT2D eigenvalue weighted by Crippen LogP contribution is -2.51. The average molecular weight is 2040 g/mol. The van der Waals surface area contributed by atoms with Crippen molar-refractivity contribution in [2.75, 3.05) is 166 Å². The monoisotopic (exact) mass is 2040 g/mol. The highest BCUT2D eigenvalue weighted by Gasteiger charge is 2.52. The van der Waals surface area contributed by atoms with Gasteiger partial charge in [-0.2, -0.15) is 9.03 Å². The molecule has 12 N–H and O–H groups in total. The van der Waals surface area contributed by atoms with E-state index in [9.17, 15) is 0 Å². The highest BCUT2D eigenvalue weighted by Crippen LogP contribution is 2.51. The van der Waals surface area contributed by atoms with Crippen molar-refractivity contribution < 1.29 is 18.9 Å². The van der Waals surface area contributed by atoms with Crippen molar-refractivity contribution in [3.8, 4) is 22.3 Å².